The number of carbonyl (C=O) groups is 2. The van der Waals surface area contributed by atoms with E-state index in [2.05, 4.69) is 63.1 Å². The topological polar surface area (TPSA) is 107 Å². The van der Waals surface area contributed by atoms with Gasteiger partial charge in [0.15, 0.2) is 5.65 Å². The number of rotatable bonds is 7. The smallest absolute Gasteiger partial charge is 0.254 e. The molecule has 3 N–H and O–H groups in total. The van der Waals surface area contributed by atoms with Crippen LogP contribution < -0.4 is 20.9 Å². The molecule has 1 atom stereocenters. The number of amides is 2. The Morgan fingerprint density at radius 3 is 2.72 bits per heavy atom. The number of benzene rings is 1. The molecule has 0 spiro atoms. The fourth-order valence-electron chi connectivity index (χ4n) is 4.89. The minimum absolute atomic E-state index is 0.0714. The Labute approximate surface area is 209 Å². The van der Waals surface area contributed by atoms with Gasteiger partial charge in [-0.2, -0.15) is 5.10 Å². The average Bonchev–Trinajstić information content (AvgIpc) is 3.25. The Balaban J connectivity index is 1.29. The highest BCUT2D eigenvalue weighted by Crippen LogP contribution is 2.33. The summed E-state index contributed by atoms with van der Waals surface area (Å²) in [5.41, 5.74) is 4.93. The first-order chi connectivity index (χ1) is 17.4. The molecule has 1 aromatic carbocycles. The highest BCUT2D eigenvalue weighted by Gasteiger charge is 2.26. The van der Waals surface area contributed by atoms with Gasteiger partial charge in [-0.15, -0.1) is 0 Å². The lowest BCUT2D eigenvalue weighted by Crippen LogP contribution is -2.33. The molecule has 3 aliphatic rings. The first-order valence-electron chi connectivity index (χ1n) is 12.4. The number of nitrogens with one attached hydrogen (secondary N) is 3. The van der Waals surface area contributed by atoms with E-state index >= 15 is 0 Å². The molecule has 36 heavy (non-hydrogen) atoms. The van der Waals surface area contributed by atoms with Crippen LogP contribution in [0.3, 0.4) is 0 Å². The normalized spacial score (nSPS) is 21.4. The van der Waals surface area contributed by atoms with Crippen LogP contribution in [0.15, 0.2) is 42.2 Å². The van der Waals surface area contributed by atoms with E-state index in [1.807, 2.05) is 12.3 Å². The third-order valence-corrected chi connectivity index (χ3v) is 7.08. The second kappa shape index (κ2) is 8.94. The molecule has 0 radical (unpaired) electrons. The zero-order valence-corrected chi connectivity index (χ0v) is 20.5. The van der Waals surface area contributed by atoms with Crippen LogP contribution in [0.25, 0.3) is 11.7 Å². The summed E-state index contributed by atoms with van der Waals surface area (Å²) in [6.07, 6.45) is 8.81. The summed E-state index contributed by atoms with van der Waals surface area (Å²) >= 11 is 0. The van der Waals surface area contributed by atoms with Gasteiger partial charge in [0.25, 0.3) is 5.91 Å². The van der Waals surface area contributed by atoms with E-state index < -0.39 is 0 Å². The van der Waals surface area contributed by atoms with Gasteiger partial charge in [0.1, 0.15) is 5.82 Å². The summed E-state index contributed by atoms with van der Waals surface area (Å²) in [6, 6.07) is 9.42. The fourth-order valence-corrected chi connectivity index (χ4v) is 4.89. The van der Waals surface area contributed by atoms with Crippen molar-refractivity contribution in [1.82, 2.24) is 24.8 Å². The number of imide groups is 1. The monoisotopic (exact) mass is 486 g/mol. The molecule has 186 valence electrons. The number of anilines is 4. The van der Waals surface area contributed by atoms with E-state index in [1.165, 1.54) is 12.8 Å². The third kappa shape index (κ3) is 4.64. The number of aromatic nitrogens is 3. The van der Waals surface area contributed by atoms with E-state index in [9.17, 15) is 9.59 Å². The Hall–Kier alpha value is -3.92. The molecular weight excluding hydrogens is 456 g/mol. The van der Waals surface area contributed by atoms with Crippen LogP contribution in [0.4, 0.5) is 22.9 Å². The van der Waals surface area contributed by atoms with Crippen LogP contribution in [0.1, 0.15) is 31.2 Å². The van der Waals surface area contributed by atoms with E-state index in [1.54, 1.807) is 16.8 Å². The van der Waals surface area contributed by atoms with Gasteiger partial charge in [-0.05, 0) is 63.2 Å². The summed E-state index contributed by atoms with van der Waals surface area (Å²) in [4.78, 5) is 33.1. The molecule has 2 aromatic heterocycles. The van der Waals surface area contributed by atoms with Crippen molar-refractivity contribution in [2.45, 2.75) is 37.8 Å². The lowest BCUT2D eigenvalue weighted by Gasteiger charge is -2.28. The molecule has 1 saturated carbocycles. The third-order valence-electron chi connectivity index (χ3n) is 7.08. The molecule has 4 heterocycles. The van der Waals surface area contributed by atoms with Crippen molar-refractivity contribution < 1.29 is 9.59 Å². The minimum Gasteiger partial charge on any atom is -0.382 e. The highest BCUT2D eigenvalue weighted by atomic mass is 16.2. The van der Waals surface area contributed by atoms with Crippen LogP contribution in [-0.2, 0) is 9.59 Å². The largest absolute Gasteiger partial charge is 0.382 e. The summed E-state index contributed by atoms with van der Waals surface area (Å²) < 4.78 is 1.66. The van der Waals surface area contributed by atoms with Gasteiger partial charge in [-0.3, -0.25) is 14.9 Å². The number of fused-ring (bicyclic) bond motifs is 1. The average molecular weight is 487 g/mol. The molecule has 6 rings (SSSR count). The Morgan fingerprint density at radius 1 is 1.17 bits per heavy atom. The lowest BCUT2D eigenvalue weighted by atomic mass is 10.1. The van der Waals surface area contributed by atoms with E-state index in [0.717, 1.165) is 36.6 Å². The maximum absolute atomic E-state index is 12.0. The van der Waals surface area contributed by atoms with E-state index in [0.29, 0.717) is 34.7 Å². The maximum atomic E-state index is 12.0. The van der Waals surface area contributed by atoms with Crippen molar-refractivity contribution in [2.75, 3.05) is 42.7 Å². The van der Waals surface area contributed by atoms with Gasteiger partial charge >= 0.3 is 0 Å². The number of carbonyl (C=O) groups excluding carboxylic acids is 2. The summed E-state index contributed by atoms with van der Waals surface area (Å²) in [7, 11) is 4.34. The van der Waals surface area contributed by atoms with Crippen LogP contribution in [0, 0.1) is 0 Å². The van der Waals surface area contributed by atoms with Crippen LogP contribution >= 0.6 is 0 Å². The van der Waals surface area contributed by atoms with Crippen LogP contribution in [0.2, 0.25) is 0 Å². The predicted molar refractivity (Wildman–Crippen MR) is 139 cm³/mol. The summed E-state index contributed by atoms with van der Waals surface area (Å²) in [5.74, 6) is 0.0221. The molecule has 0 bridgehead atoms. The minimum atomic E-state index is -0.362. The maximum Gasteiger partial charge on any atom is 0.254 e. The molecule has 3 fully saturated rings. The number of likely N-dealkylation sites (N-methyl/N-ethyl adjacent to an activating group) is 2. The van der Waals surface area contributed by atoms with E-state index in [4.69, 9.17) is 4.98 Å². The van der Waals surface area contributed by atoms with Crippen molar-refractivity contribution in [2.24, 2.45) is 0 Å². The number of nitrogens with zero attached hydrogens (tertiary/aromatic N) is 5. The molecule has 2 saturated heterocycles. The SMILES string of the molecule is CN1CCC(N(C)c2cc(Nc3ccn4ncc(/C=C5/CC(=O)NC5=O)c4n3)cc(NC3CC3)c2)C1. The second-order valence-electron chi connectivity index (χ2n) is 10.0. The van der Waals surface area contributed by atoms with Crippen molar-refractivity contribution in [3.63, 3.8) is 0 Å². The Kier molecular flexibility index (Phi) is 5.60. The zero-order chi connectivity index (χ0) is 24.8. The first-order valence-corrected chi connectivity index (χ1v) is 12.4. The number of hydrogen-bond acceptors (Lipinski definition) is 8. The Bertz CT molecular complexity index is 1380. The van der Waals surface area contributed by atoms with Gasteiger partial charge in [0.2, 0.25) is 5.91 Å². The summed E-state index contributed by atoms with van der Waals surface area (Å²) in [6.45, 7) is 2.17. The predicted octanol–water partition coefficient (Wildman–Crippen LogP) is 2.62. The molecule has 3 aromatic rings. The van der Waals surface area contributed by atoms with Gasteiger partial charge in [-0.25, -0.2) is 9.50 Å². The van der Waals surface area contributed by atoms with Crippen molar-refractivity contribution in [1.29, 1.82) is 0 Å². The van der Waals surface area contributed by atoms with Crippen molar-refractivity contribution in [3.8, 4) is 0 Å². The number of likely N-dealkylation sites (tertiary alicyclic amines) is 1. The standard InChI is InChI=1S/C26H30N8O2/c1-32-7-5-21(15-32)33(2)22-12-19(28-18-3-4-18)11-20(13-22)29-23-6-8-34-25(30-23)17(14-27-34)9-16-10-24(35)31-26(16)36/h6,8-9,11-14,18,21,28H,3-5,7,10,15H2,1-2H3,(H,29,30)(H,31,35,36)/b16-9-. The second-order valence-corrected chi connectivity index (χ2v) is 10.0. The molecule has 1 aliphatic carbocycles. The molecule has 2 aliphatic heterocycles. The van der Waals surface area contributed by atoms with E-state index in [-0.39, 0.29) is 18.2 Å². The number of hydrogen-bond donors (Lipinski definition) is 3. The zero-order valence-electron chi connectivity index (χ0n) is 20.5. The Morgan fingerprint density at radius 2 is 2.00 bits per heavy atom. The van der Waals surface area contributed by atoms with Gasteiger partial charge in [-0.1, -0.05) is 0 Å². The van der Waals surface area contributed by atoms with Crippen molar-refractivity contribution in [3.05, 3.63) is 47.8 Å². The highest BCUT2D eigenvalue weighted by molar-refractivity contribution is 6.15. The van der Waals surface area contributed by atoms with Gasteiger partial charge < -0.3 is 20.4 Å². The van der Waals surface area contributed by atoms with Crippen LogP contribution in [-0.4, -0.2) is 70.6 Å². The van der Waals surface area contributed by atoms with Crippen LogP contribution in [0.5, 0.6) is 0 Å². The molecular formula is C26H30N8O2. The van der Waals surface area contributed by atoms with Gasteiger partial charge in [0.05, 0.1) is 12.6 Å². The molecule has 10 nitrogen and oxygen atoms in total. The summed E-state index contributed by atoms with van der Waals surface area (Å²) in [5, 5.41) is 13.8. The fraction of sp³-hybridized carbons (Fsp3) is 0.385. The first kappa shape index (κ1) is 22.5. The molecule has 1 unspecified atom stereocenters. The quantitative estimate of drug-likeness (QED) is 0.346. The molecule has 10 heteroatoms. The lowest BCUT2D eigenvalue weighted by molar-refractivity contribution is -0.124. The van der Waals surface area contributed by atoms with Gasteiger partial charge in [0, 0.05) is 60.1 Å². The molecule has 2 amide bonds. The van der Waals surface area contributed by atoms with Crippen molar-refractivity contribution >= 4 is 46.4 Å².